The summed E-state index contributed by atoms with van der Waals surface area (Å²) in [4.78, 5) is 34.8. The van der Waals surface area contributed by atoms with Crippen LogP contribution in [0.5, 0.6) is 0 Å². The van der Waals surface area contributed by atoms with E-state index in [1.54, 1.807) is 10.8 Å². The van der Waals surface area contributed by atoms with Crippen molar-refractivity contribution in [1.82, 2.24) is 14.5 Å². The molecule has 214 valence electrons. The number of nitrogens with two attached hydrogens (primary N) is 1. The van der Waals surface area contributed by atoms with Gasteiger partial charge in [0, 0.05) is 23.7 Å². The molecule has 1 atom stereocenters. The molecule has 40 heavy (non-hydrogen) atoms. The minimum absolute atomic E-state index is 0.0627. The Hall–Kier alpha value is -3.19. The molecule has 2 N–H and O–H groups in total. The van der Waals surface area contributed by atoms with Crippen LogP contribution in [0.3, 0.4) is 0 Å². The van der Waals surface area contributed by atoms with Crippen LogP contribution in [0, 0.1) is 13.8 Å². The molecule has 0 unspecified atom stereocenters. The van der Waals surface area contributed by atoms with Crippen LogP contribution >= 0.6 is 0 Å². The van der Waals surface area contributed by atoms with Gasteiger partial charge >= 0.3 is 6.09 Å². The van der Waals surface area contributed by atoms with Crippen molar-refractivity contribution in [3.8, 4) is 11.3 Å². The fourth-order valence-corrected chi connectivity index (χ4v) is 6.72. The summed E-state index contributed by atoms with van der Waals surface area (Å²) >= 11 is 0. The second kappa shape index (κ2) is 10.0. The molecule has 5 rings (SSSR count). The van der Waals surface area contributed by atoms with Crippen LogP contribution in [0.15, 0.2) is 30.5 Å². The maximum absolute atomic E-state index is 14.0. The summed E-state index contributed by atoms with van der Waals surface area (Å²) < 4.78 is 7.51. The maximum Gasteiger partial charge on any atom is 0.420 e. The molecule has 0 radical (unpaired) electrons. The van der Waals surface area contributed by atoms with Gasteiger partial charge in [-0.15, -0.1) is 0 Å². The molecule has 0 spiro atoms. The first-order chi connectivity index (χ1) is 18.7. The Balaban J connectivity index is 1.74. The minimum Gasteiger partial charge on any atom is -0.443 e. The first kappa shape index (κ1) is 28.3. The van der Waals surface area contributed by atoms with Crippen LogP contribution in [-0.2, 0) is 14.9 Å². The van der Waals surface area contributed by atoms with E-state index in [9.17, 15) is 9.59 Å². The maximum atomic E-state index is 14.0. The van der Waals surface area contributed by atoms with Crippen LogP contribution in [0.25, 0.3) is 22.3 Å². The largest absolute Gasteiger partial charge is 0.443 e. The van der Waals surface area contributed by atoms with Gasteiger partial charge in [-0.3, -0.25) is 4.79 Å². The average molecular weight is 545 g/mol. The van der Waals surface area contributed by atoms with E-state index in [0.717, 1.165) is 64.6 Å². The third kappa shape index (κ3) is 4.83. The number of benzene rings is 1. The number of nitrogens with zero attached hydrogens (tertiary/aromatic N) is 3. The number of amides is 1. The summed E-state index contributed by atoms with van der Waals surface area (Å²) in [6, 6.07) is 9.06. The van der Waals surface area contributed by atoms with Crippen LogP contribution in [0.1, 0.15) is 95.4 Å². The lowest BCUT2D eigenvalue weighted by atomic mass is 9.83. The van der Waals surface area contributed by atoms with Crippen molar-refractivity contribution in [3.63, 3.8) is 0 Å². The highest BCUT2D eigenvalue weighted by molar-refractivity contribution is 5.99. The van der Waals surface area contributed by atoms with E-state index in [4.69, 9.17) is 15.5 Å². The summed E-state index contributed by atoms with van der Waals surface area (Å²) in [7, 11) is 0. The van der Waals surface area contributed by atoms with Crippen molar-refractivity contribution in [2.45, 2.75) is 110 Å². The number of hydrogen-bond acceptors (Lipinski definition) is 5. The van der Waals surface area contributed by atoms with Crippen molar-refractivity contribution in [2.24, 2.45) is 5.73 Å². The second-order valence-corrected chi connectivity index (χ2v) is 13.5. The summed E-state index contributed by atoms with van der Waals surface area (Å²) in [5, 5.41) is 0.834. The Morgan fingerprint density at radius 2 is 1.57 bits per heavy atom. The van der Waals surface area contributed by atoms with E-state index in [2.05, 4.69) is 49.9 Å². The van der Waals surface area contributed by atoms with Gasteiger partial charge in [-0.1, -0.05) is 24.1 Å². The molecular weight excluding hydrogens is 500 g/mol. The zero-order chi connectivity index (χ0) is 29.1. The van der Waals surface area contributed by atoms with E-state index >= 15 is 0 Å². The van der Waals surface area contributed by atoms with E-state index in [0.29, 0.717) is 24.3 Å². The molecule has 4 heterocycles. The molecule has 2 aromatic heterocycles. The number of fused-ring (bicyclic) bond motifs is 3. The average Bonchev–Trinajstić information content (AvgIpc) is 3.56. The Morgan fingerprint density at radius 3 is 2.10 bits per heavy atom. The van der Waals surface area contributed by atoms with E-state index in [1.807, 2.05) is 34.6 Å². The second-order valence-electron chi connectivity index (χ2n) is 13.5. The smallest absolute Gasteiger partial charge is 0.420 e. The molecule has 0 aliphatic carbocycles. The normalized spacial score (nSPS) is 19.9. The van der Waals surface area contributed by atoms with Gasteiger partial charge in [0.05, 0.1) is 11.1 Å². The quantitative estimate of drug-likeness (QED) is 0.391. The summed E-state index contributed by atoms with van der Waals surface area (Å²) in [5.74, 6) is 0.0977. The lowest BCUT2D eigenvalue weighted by Gasteiger charge is -2.32. The van der Waals surface area contributed by atoms with E-state index in [-0.39, 0.29) is 11.8 Å². The molecule has 0 saturated carbocycles. The zero-order valence-corrected chi connectivity index (χ0v) is 25.3. The highest BCUT2D eigenvalue weighted by Crippen LogP contribution is 2.43. The molecule has 2 aliphatic heterocycles. The van der Waals surface area contributed by atoms with Crippen LogP contribution in [0.4, 0.5) is 4.79 Å². The van der Waals surface area contributed by atoms with Crippen molar-refractivity contribution >= 4 is 23.0 Å². The van der Waals surface area contributed by atoms with Gasteiger partial charge in [-0.25, -0.2) is 14.3 Å². The zero-order valence-electron chi connectivity index (χ0n) is 25.3. The lowest BCUT2D eigenvalue weighted by molar-refractivity contribution is -0.137. The molecule has 2 saturated heterocycles. The number of aryl methyl sites for hydroxylation is 2. The number of aromatic nitrogens is 2. The van der Waals surface area contributed by atoms with Crippen molar-refractivity contribution in [1.29, 1.82) is 0 Å². The first-order valence-corrected chi connectivity index (χ1v) is 14.6. The van der Waals surface area contributed by atoms with Crippen molar-refractivity contribution in [2.75, 3.05) is 6.54 Å². The highest BCUT2D eigenvalue weighted by Gasteiger charge is 2.47. The molecule has 3 aromatic rings. The first-order valence-electron chi connectivity index (χ1n) is 14.6. The van der Waals surface area contributed by atoms with Crippen LogP contribution < -0.4 is 5.73 Å². The molecule has 1 aromatic carbocycles. The summed E-state index contributed by atoms with van der Waals surface area (Å²) in [5.41, 5.74) is 11.0. The molecule has 2 aliphatic rings. The molecule has 2 fully saturated rings. The standard InChI is InChI=1S/C33H44N4O3/c1-19-13-20(2)15-22(14-19)28-27(21(3)17-34)26-16-23(18-35-29(26)37(28)31(39)40-32(4,5)6)33(7,8)30(38)36-24-9-10-25(36)12-11-24/h13-16,18,21,24-25H,9-12,17,34H2,1-8H3/t21-,24?,25?/m1/s1. The molecular formula is C33H44N4O3. The van der Waals surface area contributed by atoms with Gasteiger partial charge in [-0.05, 0) is 122 Å². The molecule has 1 amide bonds. The van der Waals surface area contributed by atoms with E-state index in [1.165, 1.54) is 0 Å². The summed E-state index contributed by atoms with van der Waals surface area (Å²) in [6.45, 7) is 16.2. The SMILES string of the molecule is Cc1cc(C)cc(-c2c([C@H](C)CN)c3cc(C(C)(C)C(=O)N4C5CCC4CC5)cnc3n2C(=O)OC(C)(C)C)c1. The van der Waals surface area contributed by atoms with Gasteiger partial charge in [0.25, 0.3) is 0 Å². The predicted octanol–water partition coefficient (Wildman–Crippen LogP) is 6.60. The topological polar surface area (TPSA) is 90.5 Å². The fourth-order valence-electron chi connectivity index (χ4n) is 6.72. The third-order valence-corrected chi connectivity index (χ3v) is 8.71. The fraction of sp³-hybridized carbons (Fsp3) is 0.545. The number of carbonyl (C=O) groups is 2. The lowest BCUT2D eigenvalue weighted by Crippen LogP contribution is -2.46. The third-order valence-electron chi connectivity index (χ3n) is 8.71. The highest BCUT2D eigenvalue weighted by atomic mass is 16.6. The molecule has 2 bridgehead atoms. The Morgan fingerprint density at radius 1 is 1.00 bits per heavy atom. The minimum atomic E-state index is -0.760. The Labute approximate surface area is 238 Å². The van der Waals surface area contributed by atoms with Crippen molar-refractivity contribution in [3.05, 3.63) is 52.7 Å². The monoisotopic (exact) mass is 544 g/mol. The number of rotatable bonds is 5. The van der Waals surface area contributed by atoms with Gasteiger partial charge < -0.3 is 15.4 Å². The number of hydrogen-bond donors (Lipinski definition) is 1. The number of carbonyl (C=O) groups excluding carboxylic acids is 2. The summed E-state index contributed by atoms with van der Waals surface area (Å²) in [6.07, 6.45) is 5.67. The number of ether oxygens (including phenoxy) is 1. The predicted molar refractivity (Wildman–Crippen MR) is 160 cm³/mol. The van der Waals surface area contributed by atoms with E-state index < -0.39 is 17.1 Å². The molecule has 7 heteroatoms. The van der Waals surface area contributed by atoms with Crippen LogP contribution in [0.2, 0.25) is 0 Å². The Bertz CT molecular complexity index is 1440. The Kier molecular flexibility index (Phi) is 7.10. The van der Waals surface area contributed by atoms with Crippen molar-refractivity contribution < 1.29 is 14.3 Å². The van der Waals surface area contributed by atoms with Crippen LogP contribution in [-0.4, -0.2) is 50.7 Å². The van der Waals surface area contributed by atoms with Gasteiger partial charge in [0.15, 0.2) is 0 Å². The number of pyridine rings is 1. The van der Waals surface area contributed by atoms with Gasteiger partial charge in [0.2, 0.25) is 5.91 Å². The molecule has 7 nitrogen and oxygen atoms in total. The van der Waals surface area contributed by atoms with Gasteiger partial charge in [0.1, 0.15) is 11.2 Å². The van der Waals surface area contributed by atoms with Gasteiger partial charge in [-0.2, -0.15) is 0 Å².